The number of halogens is 3. The highest BCUT2D eigenvalue weighted by Crippen LogP contribution is 2.42. The number of nitrogens with zero attached hydrogens (tertiary/aromatic N) is 4. The van der Waals surface area contributed by atoms with Crippen molar-refractivity contribution in [1.29, 1.82) is 0 Å². The molecule has 3 saturated heterocycles. The van der Waals surface area contributed by atoms with Gasteiger partial charge in [0.15, 0.2) is 5.82 Å². The predicted octanol–water partition coefficient (Wildman–Crippen LogP) is 5.97. The number of fused-ring (bicyclic) bond motifs is 3. The fourth-order valence-corrected chi connectivity index (χ4v) is 6.99. The Morgan fingerprint density at radius 2 is 1.88 bits per heavy atom. The summed E-state index contributed by atoms with van der Waals surface area (Å²) in [6.07, 6.45) is 8.95. The van der Waals surface area contributed by atoms with E-state index in [2.05, 4.69) is 20.7 Å². The summed E-state index contributed by atoms with van der Waals surface area (Å²) in [6.45, 7) is 3.01. The van der Waals surface area contributed by atoms with E-state index >= 15 is 4.39 Å². The highest BCUT2D eigenvalue weighted by molar-refractivity contribution is 6.04. The minimum atomic E-state index is -0.897. The van der Waals surface area contributed by atoms with Crippen LogP contribution in [0, 0.1) is 24.0 Å². The summed E-state index contributed by atoms with van der Waals surface area (Å²) in [5.41, 5.74) is 0.0252. The minimum Gasteiger partial charge on any atom is -0.508 e. The van der Waals surface area contributed by atoms with Crippen molar-refractivity contribution >= 4 is 27.5 Å². The van der Waals surface area contributed by atoms with E-state index in [9.17, 15) is 13.9 Å². The van der Waals surface area contributed by atoms with Crippen LogP contribution in [0.3, 0.4) is 0 Å². The number of aromatic nitrogens is 2. The number of phenolic OH excluding ortho intramolecular Hbond substituents is 1. The molecule has 3 fully saturated rings. The normalized spacial score (nSPS) is 22.5. The Kier molecular flexibility index (Phi) is 6.20. The fraction of sp³-hybridized carbons (Fsp3) is 0.375. The van der Waals surface area contributed by atoms with Gasteiger partial charge in [0.05, 0.1) is 11.1 Å². The van der Waals surface area contributed by atoms with Gasteiger partial charge in [-0.25, -0.2) is 13.2 Å². The molecule has 4 aromatic rings. The van der Waals surface area contributed by atoms with Gasteiger partial charge in [-0.3, -0.25) is 4.90 Å². The Hall–Kier alpha value is -4.03. The molecule has 0 saturated carbocycles. The average Bonchev–Trinajstić information content (AvgIpc) is 3.69. The van der Waals surface area contributed by atoms with Gasteiger partial charge >= 0.3 is 6.01 Å². The molecule has 1 aromatic heterocycles. The molecule has 3 aliphatic heterocycles. The van der Waals surface area contributed by atoms with Crippen molar-refractivity contribution in [3.63, 3.8) is 0 Å². The monoisotopic (exact) mass is 558 g/mol. The molecule has 41 heavy (non-hydrogen) atoms. The van der Waals surface area contributed by atoms with Crippen molar-refractivity contribution in [2.24, 2.45) is 0 Å². The van der Waals surface area contributed by atoms with Crippen LogP contribution in [0.5, 0.6) is 11.8 Å². The summed E-state index contributed by atoms with van der Waals surface area (Å²) in [7, 11) is 0. The number of alkyl halides is 1. The smallest absolute Gasteiger partial charge is 0.319 e. The van der Waals surface area contributed by atoms with E-state index in [1.165, 1.54) is 24.3 Å². The second-order valence-electron chi connectivity index (χ2n) is 11.4. The maximum atomic E-state index is 16.6. The summed E-state index contributed by atoms with van der Waals surface area (Å²) >= 11 is 0. The van der Waals surface area contributed by atoms with Gasteiger partial charge in [0.2, 0.25) is 0 Å². The van der Waals surface area contributed by atoms with Crippen LogP contribution in [0.15, 0.2) is 36.4 Å². The topological polar surface area (TPSA) is 61.7 Å². The van der Waals surface area contributed by atoms with E-state index < -0.39 is 23.3 Å². The summed E-state index contributed by atoms with van der Waals surface area (Å²) in [5, 5.41) is 11.8. The lowest BCUT2D eigenvalue weighted by molar-refractivity contribution is 0.107. The molecule has 3 aromatic carbocycles. The average molecular weight is 559 g/mol. The van der Waals surface area contributed by atoms with Gasteiger partial charge in [0, 0.05) is 42.4 Å². The first-order chi connectivity index (χ1) is 19.9. The third-order valence-corrected chi connectivity index (χ3v) is 8.89. The number of aromatic hydroxyl groups is 1. The minimum absolute atomic E-state index is 0.00966. The molecule has 7 rings (SSSR count). The number of hydrogen-bond donors (Lipinski definition) is 1. The van der Waals surface area contributed by atoms with E-state index in [-0.39, 0.29) is 40.6 Å². The van der Waals surface area contributed by atoms with E-state index in [1.807, 2.05) is 0 Å². The fourth-order valence-electron chi connectivity index (χ4n) is 6.99. The Bertz CT molecular complexity index is 1730. The van der Waals surface area contributed by atoms with Gasteiger partial charge in [-0.15, -0.1) is 6.42 Å². The number of terminal acetylenes is 1. The first-order valence-electron chi connectivity index (χ1n) is 14.1. The summed E-state index contributed by atoms with van der Waals surface area (Å²) < 4.78 is 51.7. The summed E-state index contributed by atoms with van der Waals surface area (Å²) in [5.74, 6) is 1.60. The Morgan fingerprint density at radius 3 is 2.68 bits per heavy atom. The molecule has 3 aliphatic rings. The molecule has 0 amide bonds. The van der Waals surface area contributed by atoms with Gasteiger partial charge in [-0.1, -0.05) is 18.1 Å². The molecule has 6 nitrogen and oxygen atoms in total. The van der Waals surface area contributed by atoms with Crippen LogP contribution in [0.1, 0.15) is 37.7 Å². The SMILES string of the molecule is C#Cc1c(F)ccc2cc(O)cc(-c3ccc4c(N5CCCC5)nc(OCC56CCCN5CC(F)C6)nc4c3F)c12. The molecule has 1 N–H and O–H groups in total. The van der Waals surface area contributed by atoms with E-state index in [4.69, 9.17) is 16.1 Å². The van der Waals surface area contributed by atoms with Crippen molar-refractivity contribution in [1.82, 2.24) is 14.9 Å². The maximum absolute atomic E-state index is 16.6. The molecule has 2 unspecified atom stereocenters. The van der Waals surface area contributed by atoms with Crippen molar-refractivity contribution in [3.8, 4) is 35.2 Å². The number of ether oxygens (including phenoxy) is 1. The molecule has 0 bridgehead atoms. The van der Waals surface area contributed by atoms with Crippen molar-refractivity contribution in [2.75, 3.05) is 37.7 Å². The van der Waals surface area contributed by atoms with Crippen LogP contribution in [0.2, 0.25) is 0 Å². The molecule has 9 heteroatoms. The van der Waals surface area contributed by atoms with E-state index in [1.54, 1.807) is 12.1 Å². The van der Waals surface area contributed by atoms with Gasteiger partial charge in [-0.2, -0.15) is 9.97 Å². The van der Waals surface area contributed by atoms with E-state index in [0.29, 0.717) is 34.9 Å². The third kappa shape index (κ3) is 4.24. The highest BCUT2D eigenvalue weighted by atomic mass is 19.1. The Morgan fingerprint density at radius 1 is 1.05 bits per heavy atom. The van der Waals surface area contributed by atoms with Crippen LogP contribution in [0.25, 0.3) is 32.8 Å². The number of phenols is 1. The van der Waals surface area contributed by atoms with Crippen LogP contribution < -0.4 is 9.64 Å². The lowest BCUT2D eigenvalue weighted by atomic mass is 9.93. The van der Waals surface area contributed by atoms with Crippen molar-refractivity contribution in [2.45, 2.75) is 43.8 Å². The molecule has 2 atom stereocenters. The number of hydrogen-bond acceptors (Lipinski definition) is 6. The molecule has 210 valence electrons. The van der Waals surface area contributed by atoms with Crippen molar-refractivity contribution in [3.05, 3.63) is 53.6 Å². The third-order valence-electron chi connectivity index (χ3n) is 8.89. The van der Waals surface area contributed by atoms with Crippen LogP contribution in [0.4, 0.5) is 19.0 Å². The number of benzene rings is 3. The lowest BCUT2D eigenvalue weighted by Crippen LogP contribution is -2.43. The van der Waals surface area contributed by atoms with Crippen LogP contribution in [-0.4, -0.2) is 64.5 Å². The molecule has 0 radical (unpaired) electrons. The first kappa shape index (κ1) is 25.9. The standard InChI is InChI=1S/C32H29F3N4O2/c1-2-22-26(34)9-6-19-14-21(40)15-25(27(19)22)23-7-8-24-29(28(23)35)36-31(37-30(24)38-11-3-4-12-38)41-18-32-10-5-13-39(32)17-20(33)16-32/h1,6-9,14-15,20,40H,3-5,10-13,16-18H2. The molecule has 0 spiro atoms. The van der Waals surface area contributed by atoms with Crippen molar-refractivity contribution < 1.29 is 23.0 Å². The van der Waals surface area contributed by atoms with Crippen LogP contribution in [-0.2, 0) is 0 Å². The zero-order chi connectivity index (χ0) is 28.3. The summed E-state index contributed by atoms with van der Waals surface area (Å²) in [6, 6.07) is 8.97. The predicted molar refractivity (Wildman–Crippen MR) is 152 cm³/mol. The second-order valence-corrected chi connectivity index (χ2v) is 11.4. The lowest BCUT2D eigenvalue weighted by Gasteiger charge is -2.31. The zero-order valence-electron chi connectivity index (χ0n) is 22.5. The van der Waals surface area contributed by atoms with Gasteiger partial charge < -0.3 is 14.7 Å². The number of anilines is 1. The first-order valence-corrected chi connectivity index (χ1v) is 14.1. The highest BCUT2D eigenvalue weighted by Gasteiger charge is 2.49. The molecule has 0 aliphatic carbocycles. The quantitative estimate of drug-likeness (QED) is 0.305. The second kappa shape index (κ2) is 9.81. The molecular formula is C32H29F3N4O2. The Balaban J connectivity index is 1.38. The summed E-state index contributed by atoms with van der Waals surface area (Å²) in [4.78, 5) is 13.5. The van der Waals surface area contributed by atoms with Gasteiger partial charge in [-0.05, 0) is 67.4 Å². The largest absolute Gasteiger partial charge is 0.508 e. The molecular weight excluding hydrogens is 529 g/mol. The number of rotatable bonds is 5. The zero-order valence-corrected chi connectivity index (χ0v) is 22.5. The van der Waals surface area contributed by atoms with E-state index in [0.717, 1.165) is 45.3 Å². The molecule has 4 heterocycles. The van der Waals surface area contributed by atoms with Gasteiger partial charge in [0.1, 0.15) is 35.7 Å². The van der Waals surface area contributed by atoms with Crippen LogP contribution >= 0.6 is 0 Å². The van der Waals surface area contributed by atoms with Gasteiger partial charge in [0.25, 0.3) is 0 Å². The Labute approximate surface area is 235 Å². The maximum Gasteiger partial charge on any atom is 0.319 e.